The molecule has 0 fully saturated rings. The molecule has 0 bridgehead atoms. The van der Waals surface area contributed by atoms with Crippen molar-refractivity contribution in [3.63, 3.8) is 0 Å². The lowest BCUT2D eigenvalue weighted by molar-refractivity contribution is 0.633. The molecular weight excluding hydrogens is 133 g/mol. The van der Waals surface area contributed by atoms with E-state index in [0.29, 0.717) is 5.69 Å². The van der Waals surface area contributed by atoms with Gasteiger partial charge in [0.1, 0.15) is 5.82 Å². The number of halogens is 1. The Morgan fingerprint density at radius 1 is 1.40 bits per heavy atom. The van der Waals surface area contributed by atoms with E-state index in [1.807, 2.05) is 0 Å². The molecule has 54 valence electrons. The number of hydrogen-bond donors (Lipinski definition) is 3. The summed E-state index contributed by atoms with van der Waals surface area (Å²) in [5.74, 6) is 4.55. The second-order valence-corrected chi connectivity index (χ2v) is 1.88. The molecule has 0 amide bonds. The van der Waals surface area contributed by atoms with Gasteiger partial charge in [-0.3, -0.25) is 5.84 Å². The van der Waals surface area contributed by atoms with E-state index in [4.69, 9.17) is 11.6 Å². The smallest absolute Gasteiger partial charge is 0.148 e. The van der Waals surface area contributed by atoms with Crippen LogP contribution in [-0.2, 0) is 0 Å². The molecule has 0 heterocycles. The van der Waals surface area contributed by atoms with Crippen LogP contribution in [0.1, 0.15) is 0 Å². The summed E-state index contributed by atoms with van der Waals surface area (Å²) < 4.78 is 12.5. The van der Waals surface area contributed by atoms with Crippen LogP contribution in [-0.4, -0.2) is 0 Å². The number of nitrogens with two attached hydrogens (primary N) is 2. The van der Waals surface area contributed by atoms with Crippen molar-refractivity contribution in [3.05, 3.63) is 24.0 Å². The third-order valence-electron chi connectivity index (χ3n) is 1.17. The Labute approximate surface area is 57.8 Å². The van der Waals surface area contributed by atoms with Crippen molar-refractivity contribution in [1.29, 1.82) is 0 Å². The topological polar surface area (TPSA) is 64.1 Å². The summed E-state index contributed by atoms with van der Waals surface area (Å²) in [5.41, 5.74) is 8.13. The number of hydrogen-bond acceptors (Lipinski definition) is 3. The van der Waals surface area contributed by atoms with Crippen molar-refractivity contribution in [1.82, 2.24) is 0 Å². The van der Waals surface area contributed by atoms with Gasteiger partial charge in [0.2, 0.25) is 0 Å². The fraction of sp³-hybridized carbons (Fsp3) is 0. The Bertz CT molecular complexity index is 236. The summed E-state index contributed by atoms with van der Waals surface area (Å²) in [6.07, 6.45) is 0. The third-order valence-corrected chi connectivity index (χ3v) is 1.17. The predicted molar refractivity (Wildman–Crippen MR) is 38.6 cm³/mol. The van der Waals surface area contributed by atoms with E-state index in [1.165, 1.54) is 12.1 Å². The summed E-state index contributed by atoms with van der Waals surface area (Å²) in [4.78, 5) is 0. The number of rotatable bonds is 1. The molecule has 0 saturated heterocycles. The van der Waals surface area contributed by atoms with Crippen molar-refractivity contribution in [2.24, 2.45) is 5.84 Å². The van der Waals surface area contributed by atoms with Crippen LogP contribution in [0.5, 0.6) is 0 Å². The van der Waals surface area contributed by atoms with Crippen LogP contribution in [0.3, 0.4) is 0 Å². The van der Waals surface area contributed by atoms with Gasteiger partial charge in [-0.2, -0.15) is 0 Å². The van der Waals surface area contributed by atoms with Crippen LogP contribution < -0.4 is 17.0 Å². The van der Waals surface area contributed by atoms with Gasteiger partial charge in [-0.05, 0) is 12.1 Å². The maximum absolute atomic E-state index is 12.5. The SMILES string of the molecule is NNc1ccc(N)c(F)c1. The van der Waals surface area contributed by atoms with Crippen molar-refractivity contribution in [2.45, 2.75) is 0 Å². The summed E-state index contributed by atoms with van der Waals surface area (Å²) in [6, 6.07) is 4.28. The first-order valence-electron chi connectivity index (χ1n) is 2.75. The summed E-state index contributed by atoms with van der Waals surface area (Å²) in [5, 5.41) is 0. The zero-order chi connectivity index (χ0) is 7.56. The van der Waals surface area contributed by atoms with Crippen LogP contribution in [0.4, 0.5) is 15.8 Å². The van der Waals surface area contributed by atoms with Gasteiger partial charge in [0.25, 0.3) is 0 Å². The lowest BCUT2D eigenvalue weighted by Crippen LogP contribution is -2.07. The van der Waals surface area contributed by atoms with E-state index in [-0.39, 0.29) is 5.69 Å². The summed E-state index contributed by atoms with van der Waals surface area (Å²) in [6.45, 7) is 0. The lowest BCUT2D eigenvalue weighted by atomic mass is 10.3. The first-order valence-corrected chi connectivity index (χ1v) is 2.75. The Hall–Kier alpha value is -1.29. The average Bonchev–Trinajstić information content (AvgIpc) is 1.95. The Balaban J connectivity index is 3.04. The van der Waals surface area contributed by atoms with E-state index in [9.17, 15) is 4.39 Å². The van der Waals surface area contributed by atoms with Crippen LogP contribution >= 0.6 is 0 Å². The largest absolute Gasteiger partial charge is 0.396 e. The van der Waals surface area contributed by atoms with Gasteiger partial charge in [0, 0.05) is 6.07 Å². The van der Waals surface area contributed by atoms with Gasteiger partial charge in [-0.1, -0.05) is 0 Å². The highest BCUT2D eigenvalue weighted by molar-refractivity contribution is 5.51. The number of benzene rings is 1. The number of nitrogen functional groups attached to an aromatic ring is 2. The highest BCUT2D eigenvalue weighted by Crippen LogP contribution is 2.14. The first-order chi connectivity index (χ1) is 4.74. The molecule has 4 heteroatoms. The fourth-order valence-corrected chi connectivity index (χ4v) is 0.617. The molecule has 0 aliphatic carbocycles. The molecule has 0 saturated carbocycles. The molecule has 0 aliphatic heterocycles. The second-order valence-electron chi connectivity index (χ2n) is 1.88. The number of hydrazine groups is 1. The van der Waals surface area contributed by atoms with Gasteiger partial charge in [-0.25, -0.2) is 4.39 Å². The quantitative estimate of drug-likeness (QED) is 0.306. The lowest BCUT2D eigenvalue weighted by Gasteiger charge is -2.00. The first kappa shape index (κ1) is 6.82. The molecule has 0 unspecified atom stereocenters. The molecule has 0 spiro atoms. The van der Waals surface area contributed by atoms with Gasteiger partial charge >= 0.3 is 0 Å². The molecule has 0 aromatic heterocycles. The molecular formula is C6H8FN3. The normalized spacial score (nSPS) is 9.40. The monoisotopic (exact) mass is 141 g/mol. The Morgan fingerprint density at radius 3 is 2.60 bits per heavy atom. The van der Waals surface area contributed by atoms with Gasteiger partial charge < -0.3 is 11.2 Å². The van der Waals surface area contributed by atoms with E-state index >= 15 is 0 Å². The minimum absolute atomic E-state index is 0.124. The second kappa shape index (κ2) is 2.53. The minimum Gasteiger partial charge on any atom is -0.396 e. The zero-order valence-corrected chi connectivity index (χ0v) is 5.26. The van der Waals surface area contributed by atoms with E-state index in [1.54, 1.807) is 6.07 Å². The molecule has 0 atom stereocenters. The van der Waals surface area contributed by atoms with Crippen LogP contribution in [0.15, 0.2) is 18.2 Å². The van der Waals surface area contributed by atoms with E-state index < -0.39 is 5.82 Å². The Morgan fingerprint density at radius 2 is 2.10 bits per heavy atom. The molecule has 1 aromatic rings. The van der Waals surface area contributed by atoms with Crippen molar-refractivity contribution in [2.75, 3.05) is 11.2 Å². The molecule has 10 heavy (non-hydrogen) atoms. The summed E-state index contributed by atoms with van der Waals surface area (Å²) in [7, 11) is 0. The van der Waals surface area contributed by atoms with E-state index in [0.717, 1.165) is 0 Å². The molecule has 5 N–H and O–H groups in total. The van der Waals surface area contributed by atoms with Crippen LogP contribution in [0, 0.1) is 5.82 Å². The maximum Gasteiger partial charge on any atom is 0.148 e. The minimum atomic E-state index is -0.463. The highest BCUT2D eigenvalue weighted by Gasteiger charge is 1.96. The van der Waals surface area contributed by atoms with Crippen LogP contribution in [0.2, 0.25) is 0 Å². The van der Waals surface area contributed by atoms with Crippen molar-refractivity contribution < 1.29 is 4.39 Å². The van der Waals surface area contributed by atoms with Gasteiger partial charge in [0.15, 0.2) is 0 Å². The standard InChI is InChI=1S/C6H8FN3/c7-5-3-4(10-9)1-2-6(5)8/h1-3,10H,8-9H2. The summed E-state index contributed by atoms with van der Waals surface area (Å²) >= 11 is 0. The molecule has 0 radical (unpaired) electrons. The maximum atomic E-state index is 12.5. The van der Waals surface area contributed by atoms with Gasteiger partial charge in [0.05, 0.1) is 11.4 Å². The molecule has 3 nitrogen and oxygen atoms in total. The average molecular weight is 141 g/mol. The zero-order valence-electron chi connectivity index (χ0n) is 5.26. The highest BCUT2D eigenvalue weighted by atomic mass is 19.1. The number of nitrogens with one attached hydrogen (secondary N) is 1. The molecule has 0 aliphatic rings. The van der Waals surface area contributed by atoms with Crippen molar-refractivity contribution in [3.8, 4) is 0 Å². The van der Waals surface area contributed by atoms with Crippen molar-refractivity contribution >= 4 is 11.4 Å². The molecule has 1 aromatic carbocycles. The third kappa shape index (κ3) is 1.16. The number of anilines is 2. The predicted octanol–water partition coefficient (Wildman–Crippen LogP) is 0.694. The van der Waals surface area contributed by atoms with Gasteiger partial charge in [-0.15, -0.1) is 0 Å². The Kier molecular flexibility index (Phi) is 1.73. The fourth-order valence-electron chi connectivity index (χ4n) is 0.617. The van der Waals surface area contributed by atoms with Crippen LogP contribution in [0.25, 0.3) is 0 Å². The molecule has 1 rings (SSSR count). The van der Waals surface area contributed by atoms with E-state index in [2.05, 4.69) is 5.43 Å².